The number of ether oxygens (including phenoxy) is 1. The predicted molar refractivity (Wildman–Crippen MR) is 82.2 cm³/mol. The largest absolute Gasteiger partial charge is 0.389 e. The lowest BCUT2D eigenvalue weighted by atomic mass is 10.1. The summed E-state index contributed by atoms with van der Waals surface area (Å²) in [5.41, 5.74) is -0.108. The molecule has 0 amide bonds. The van der Waals surface area contributed by atoms with Crippen LogP contribution in [0, 0.1) is 0 Å². The topological polar surface area (TPSA) is 82.2 Å². The van der Waals surface area contributed by atoms with Gasteiger partial charge in [0, 0.05) is 19.3 Å². The fourth-order valence-electron chi connectivity index (χ4n) is 2.85. The van der Waals surface area contributed by atoms with Crippen LogP contribution in [0.3, 0.4) is 0 Å². The Kier molecular flexibility index (Phi) is 3.96. The highest BCUT2D eigenvalue weighted by molar-refractivity contribution is 6.28. The Hall–Kier alpha value is -1.44. The van der Waals surface area contributed by atoms with E-state index in [1.54, 1.807) is 18.4 Å². The molecule has 22 heavy (non-hydrogen) atoms. The van der Waals surface area contributed by atoms with Crippen LogP contribution in [0.2, 0.25) is 5.28 Å². The molecule has 0 aromatic carbocycles. The van der Waals surface area contributed by atoms with E-state index in [2.05, 4.69) is 9.97 Å². The summed E-state index contributed by atoms with van der Waals surface area (Å²) >= 11 is 5.90. The summed E-state index contributed by atoms with van der Waals surface area (Å²) in [5.74, 6) is 0. The van der Waals surface area contributed by atoms with Crippen molar-refractivity contribution in [1.82, 2.24) is 19.1 Å². The Labute approximate surface area is 132 Å². The summed E-state index contributed by atoms with van der Waals surface area (Å²) in [6.45, 7) is 4.73. The van der Waals surface area contributed by atoms with Gasteiger partial charge in [0.15, 0.2) is 5.65 Å². The molecule has 1 N–H and O–H groups in total. The lowest BCUT2D eigenvalue weighted by Gasteiger charge is -2.23. The average molecular weight is 327 g/mol. The van der Waals surface area contributed by atoms with Crippen LogP contribution >= 0.6 is 11.6 Å². The van der Waals surface area contributed by atoms with Crippen LogP contribution in [0.15, 0.2) is 11.0 Å². The van der Waals surface area contributed by atoms with Crippen molar-refractivity contribution in [2.24, 2.45) is 0 Å². The van der Waals surface area contributed by atoms with Gasteiger partial charge in [0.05, 0.1) is 18.3 Å². The molecule has 0 bridgehead atoms. The Morgan fingerprint density at radius 1 is 1.45 bits per heavy atom. The van der Waals surface area contributed by atoms with Crippen LogP contribution in [0.1, 0.15) is 32.7 Å². The van der Waals surface area contributed by atoms with E-state index in [1.165, 1.54) is 10.8 Å². The van der Waals surface area contributed by atoms with Crippen LogP contribution in [0.25, 0.3) is 11.2 Å². The number of aromatic nitrogens is 4. The number of imidazole rings is 1. The molecule has 0 unspecified atom stereocenters. The number of hydrogen-bond donors (Lipinski definition) is 1. The normalized spacial score (nSPS) is 17.3. The lowest BCUT2D eigenvalue weighted by Crippen LogP contribution is -2.35. The fourth-order valence-corrected chi connectivity index (χ4v) is 2.98. The lowest BCUT2D eigenvalue weighted by molar-refractivity contribution is 0.0589. The van der Waals surface area contributed by atoms with E-state index in [0.717, 1.165) is 12.8 Å². The van der Waals surface area contributed by atoms with Gasteiger partial charge in [-0.05, 0) is 38.3 Å². The van der Waals surface area contributed by atoms with Crippen molar-refractivity contribution >= 4 is 22.8 Å². The minimum atomic E-state index is -1.02. The molecule has 120 valence electrons. The van der Waals surface area contributed by atoms with Crippen molar-refractivity contribution in [3.05, 3.63) is 22.0 Å². The van der Waals surface area contributed by atoms with Crippen molar-refractivity contribution in [2.75, 3.05) is 13.2 Å². The second-order valence-electron chi connectivity index (χ2n) is 6.24. The third-order valence-electron chi connectivity index (χ3n) is 3.78. The standard InChI is InChI=1S/C14H19ClN4O3/c1-14(2,21)8-18-10-7-16-12(15)17-11(10)19(13(18)20)9-3-5-22-6-4-9/h7,9,21H,3-6,8H2,1-2H3. The van der Waals surface area contributed by atoms with Gasteiger partial charge >= 0.3 is 5.69 Å². The van der Waals surface area contributed by atoms with Gasteiger partial charge in [0.1, 0.15) is 5.52 Å². The summed E-state index contributed by atoms with van der Waals surface area (Å²) in [5, 5.41) is 10.2. The van der Waals surface area contributed by atoms with Crippen LogP contribution in [-0.4, -0.2) is 43.0 Å². The summed E-state index contributed by atoms with van der Waals surface area (Å²) in [4.78, 5) is 21.0. The Morgan fingerprint density at radius 2 is 2.14 bits per heavy atom. The quantitative estimate of drug-likeness (QED) is 0.861. The number of fused-ring (bicyclic) bond motifs is 1. The van der Waals surface area contributed by atoms with Crippen LogP contribution < -0.4 is 5.69 Å². The summed E-state index contributed by atoms with van der Waals surface area (Å²) in [6.07, 6.45) is 3.04. The highest BCUT2D eigenvalue weighted by atomic mass is 35.5. The number of nitrogens with zero attached hydrogens (tertiary/aromatic N) is 4. The predicted octanol–water partition coefficient (Wildman–Crippen LogP) is 1.37. The molecule has 3 heterocycles. The zero-order valence-electron chi connectivity index (χ0n) is 12.6. The number of aliphatic hydroxyl groups is 1. The van der Waals surface area contributed by atoms with Crippen molar-refractivity contribution < 1.29 is 9.84 Å². The molecule has 1 aliphatic heterocycles. The molecule has 0 spiro atoms. The third-order valence-corrected chi connectivity index (χ3v) is 3.96. The molecule has 2 aromatic rings. The molecule has 8 heteroatoms. The van der Waals surface area contributed by atoms with E-state index in [4.69, 9.17) is 16.3 Å². The minimum absolute atomic E-state index is 0.0257. The van der Waals surface area contributed by atoms with Crippen molar-refractivity contribution in [3.8, 4) is 0 Å². The molecule has 1 aliphatic rings. The summed E-state index contributed by atoms with van der Waals surface area (Å²) in [6, 6.07) is 0.0257. The third kappa shape index (κ3) is 2.88. The van der Waals surface area contributed by atoms with Gasteiger partial charge < -0.3 is 9.84 Å². The maximum Gasteiger partial charge on any atom is 0.330 e. The molecule has 7 nitrogen and oxygen atoms in total. The van der Waals surface area contributed by atoms with Gasteiger partial charge in [-0.15, -0.1) is 0 Å². The first kappa shape index (κ1) is 15.5. The Bertz CT molecular complexity index is 741. The SMILES string of the molecule is CC(C)(O)Cn1c(=O)n(C2CCOCC2)c2nc(Cl)ncc21. The number of rotatable bonds is 3. The highest BCUT2D eigenvalue weighted by Crippen LogP contribution is 2.24. The maximum absolute atomic E-state index is 12.8. The van der Waals surface area contributed by atoms with Gasteiger partial charge in [0.2, 0.25) is 5.28 Å². The van der Waals surface area contributed by atoms with Crippen molar-refractivity contribution in [3.63, 3.8) is 0 Å². The molecule has 3 rings (SSSR count). The van der Waals surface area contributed by atoms with Gasteiger partial charge in [-0.3, -0.25) is 9.13 Å². The van der Waals surface area contributed by atoms with E-state index >= 15 is 0 Å². The Balaban J connectivity index is 2.19. The summed E-state index contributed by atoms with van der Waals surface area (Å²) < 4.78 is 8.54. The van der Waals surface area contributed by atoms with E-state index in [1.807, 2.05) is 0 Å². The van der Waals surface area contributed by atoms with E-state index < -0.39 is 5.60 Å². The van der Waals surface area contributed by atoms with E-state index in [0.29, 0.717) is 24.4 Å². The van der Waals surface area contributed by atoms with Crippen LogP contribution in [-0.2, 0) is 11.3 Å². The zero-order valence-corrected chi connectivity index (χ0v) is 13.4. The van der Waals surface area contributed by atoms with Gasteiger partial charge in [-0.1, -0.05) is 0 Å². The van der Waals surface area contributed by atoms with E-state index in [9.17, 15) is 9.90 Å². The first-order chi connectivity index (χ1) is 10.4. The smallest absolute Gasteiger partial charge is 0.330 e. The highest BCUT2D eigenvalue weighted by Gasteiger charge is 2.26. The van der Waals surface area contributed by atoms with Crippen molar-refractivity contribution in [1.29, 1.82) is 0 Å². The van der Waals surface area contributed by atoms with Crippen molar-refractivity contribution in [2.45, 2.75) is 44.9 Å². The molecular weight excluding hydrogens is 308 g/mol. The first-order valence-electron chi connectivity index (χ1n) is 7.30. The second-order valence-corrected chi connectivity index (χ2v) is 6.58. The minimum Gasteiger partial charge on any atom is -0.389 e. The molecule has 0 saturated carbocycles. The molecule has 0 radical (unpaired) electrons. The van der Waals surface area contributed by atoms with Gasteiger partial charge in [-0.25, -0.2) is 9.78 Å². The molecule has 1 saturated heterocycles. The molecule has 0 aliphatic carbocycles. The Morgan fingerprint density at radius 3 is 2.77 bits per heavy atom. The van der Waals surface area contributed by atoms with Gasteiger partial charge in [-0.2, -0.15) is 4.98 Å². The van der Waals surface area contributed by atoms with Gasteiger partial charge in [0.25, 0.3) is 0 Å². The van der Waals surface area contributed by atoms with Crippen LogP contribution in [0.5, 0.6) is 0 Å². The maximum atomic E-state index is 12.8. The molecule has 2 aromatic heterocycles. The van der Waals surface area contributed by atoms with Crippen LogP contribution in [0.4, 0.5) is 0 Å². The average Bonchev–Trinajstić information content (AvgIpc) is 2.70. The molecule has 1 fully saturated rings. The fraction of sp³-hybridized carbons (Fsp3) is 0.643. The number of halogens is 1. The summed E-state index contributed by atoms with van der Waals surface area (Å²) in [7, 11) is 0. The molecular formula is C14H19ClN4O3. The number of hydrogen-bond acceptors (Lipinski definition) is 5. The second kappa shape index (κ2) is 5.64. The zero-order chi connectivity index (χ0) is 15.9. The first-order valence-corrected chi connectivity index (χ1v) is 7.68. The molecule has 0 atom stereocenters. The monoisotopic (exact) mass is 326 g/mol. The van der Waals surface area contributed by atoms with E-state index in [-0.39, 0.29) is 23.6 Å².